The van der Waals surface area contributed by atoms with E-state index in [4.69, 9.17) is 0 Å². The summed E-state index contributed by atoms with van der Waals surface area (Å²) >= 11 is 3.20. The number of rotatable bonds is 2. The quantitative estimate of drug-likeness (QED) is 0.775. The average Bonchev–Trinajstić information content (AvgIpc) is 3.22. The Morgan fingerprint density at radius 2 is 2.26 bits per heavy atom. The third kappa shape index (κ3) is 2.58. The van der Waals surface area contributed by atoms with Gasteiger partial charge in [0.2, 0.25) is 0 Å². The molecule has 0 radical (unpaired) electrons. The van der Waals surface area contributed by atoms with Gasteiger partial charge >= 0.3 is 0 Å². The predicted octanol–water partition coefficient (Wildman–Crippen LogP) is 2.76. The number of amides is 1. The number of aryl methyl sites for hydroxylation is 1. The number of β-amino-alcohol motifs (C(OH)–C–C–N with tert-alkyl or cyclic N) is 1. The van der Waals surface area contributed by atoms with Crippen molar-refractivity contribution in [2.24, 2.45) is 0 Å². The number of hydrogen-bond acceptors (Lipinski definition) is 5. The summed E-state index contributed by atoms with van der Waals surface area (Å²) < 4.78 is 1.86. The van der Waals surface area contributed by atoms with Crippen LogP contribution in [0.2, 0.25) is 0 Å². The highest BCUT2D eigenvalue weighted by molar-refractivity contribution is 7.15. The summed E-state index contributed by atoms with van der Waals surface area (Å²) in [4.78, 5) is 20.8. The highest BCUT2D eigenvalue weighted by atomic mass is 32.1. The molecule has 0 aromatic carbocycles. The number of aliphatic hydroxyl groups excluding tert-OH is 1. The van der Waals surface area contributed by atoms with Gasteiger partial charge in [-0.25, -0.2) is 4.98 Å². The Morgan fingerprint density at radius 1 is 1.39 bits per heavy atom. The van der Waals surface area contributed by atoms with Gasteiger partial charge in [0.15, 0.2) is 4.96 Å². The molecule has 1 amide bonds. The Hall–Kier alpha value is -1.70. The lowest BCUT2D eigenvalue weighted by Crippen LogP contribution is -2.45. The van der Waals surface area contributed by atoms with E-state index < -0.39 is 6.10 Å². The monoisotopic (exact) mass is 347 g/mol. The molecule has 1 aliphatic heterocycles. The van der Waals surface area contributed by atoms with Crippen molar-refractivity contribution < 1.29 is 9.90 Å². The molecule has 120 valence electrons. The van der Waals surface area contributed by atoms with E-state index in [1.807, 2.05) is 16.0 Å². The summed E-state index contributed by atoms with van der Waals surface area (Å²) in [6.45, 7) is 3.10. The van der Waals surface area contributed by atoms with Crippen molar-refractivity contribution in [1.82, 2.24) is 14.3 Å². The second kappa shape index (κ2) is 5.74. The third-order valence-corrected chi connectivity index (χ3v) is 6.34. The predicted molar refractivity (Wildman–Crippen MR) is 91.4 cm³/mol. The SMILES string of the molecule is Cc1ccsc1[C@@H]1CCN(C(=O)c2cn3ccsc3n2)C[C@H]1O. The van der Waals surface area contributed by atoms with Crippen molar-refractivity contribution in [1.29, 1.82) is 0 Å². The van der Waals surface area contributed by atoms with Crippen molar-refractivity contribution in [2.75, 3.05) is 13.1 Å². The lowest BCUT2D eigenvalue weighted by Gasteiger charge is -2.35. The molecule has 0 bridgehead atoms. The zero-order valence-corrected chi connectivity index (χ0v) is 14.3. The molecule has 1 fully saturated rings. The van der Waals surface area contributed by atoms with Gasteiger partial charge < -0.3 is 10.0 Å². The highest BCUT2D eigenvalue weighted by Crippen LogP contribution is 2.34. The third-order valence-electron chi connectivity index (χ3n) is 4.42. The summed E-state index contributed by atoms with van der Waals surface area (Å²) in [7, 11) is 0. The lowest BCUT2D eigenvalue weighted by molar-refractivity contribution is 0.0383. The summed E-state index contributed by atoms with van der Waals surface area (Å²) in [6, 6.07) is 2.09. The van der Waals surface area contributed by atoms with E-state index >= 15 is 0 Å². The molecule has 0 aliphatic carbocycles. The van der Waals surface area contributed by atoms with Crippen LogP contribution in [0.15, 0.2) is 29.2 Å². The molecule has 0 saturated carbocycles. The fourth-order valence-electron chi connectivity index (χ4n) is 3.18. The minimum absolute atomic E-state index is 0.0960. The van der Waals surface area contributed by atoms with Gasteiger partial charge in [-0.3, -0.25) is 9.20 Å². The Morgan fingerprint density at radius 3 is 2.96 bits per heavy atom. The molecule has 1 saturated heterocycles. The van der Waals surface area contributed by atoms with Gasteiger partial charge in [-0.05, 0) is 30.4 Å². The van der Waals surface area contributed by atoms with Crippen LogP contribution < -0.4 is 0 Å². The summed E-state index contributed by atoms with van der Waals surface area (Å²) in [5.41, 5.74) is 1.68. The zero-order chi connectivity index (χ0) is 16.0. The van der Waals surface area contributed by atoms with Gasteiger partial charge in [-0.2, -0.15) is 0 Å². The smallest absolute Gasteiger partial charge is 0.274 e. The number of imidazole rings is 1. The second-order valence-electron chi connectivity index (χ2n) is 5.90. The number of thiazole rings is 1. The molecule has 1 aliphatic rings. The first-order valence-electron chi connectivity index (χ1n) is 7.57. The van der Waals surface area contributed by atoms with Gasteiger partial charge in [0.05, 0.1) is 6.10 Å². The summed E-state index contributed by atoms with van der Waals surface area (Å²) in [5.74, 6) is 0.0332. The summed E-state index contributed by atoms with van der Waals surface area (Å²) in [5, 5.41) is 14.5. The minimum atomic E-state index is -0.520. The zero-order valence-electron chi connectivity index (χ0n) is 12.7. The van der Waals surface area contributed by atoms with Crippen LogP contribution in [0.25, 0.3) is 4.96 Å². The molecule has 1 N–H and O–H groups in total. The topological polar surface area (TPSA) is 57.8 Å². The van der Waals surface area contributed by atoms with E-state index in [9.17, 15) is 9.90 Å². The van der Waals surface area contributed by atoms with Crippen LogP contribution >= 0.6 is 22.7 Å². The number of carbonyl (C=O) groups is 1. The second-order valence-corrected chi connectivity index (χ2v) is 7.72. The van der Waals surface area contributed by atoms with Crippen molar-refractivity contribution in [3.63, 3.8) is 0 Å². The largest absolute Gasteiger partial charge is 0.391 e. The molecule has 4 rings (SSSR count). The Kier molecular flexibility index (Phi) is 3.71. The molecule has 2 atom stereocenters. The van der Waals surface area contributed by atoms with Crippen LogP contribution in [-0.2, 0) is 0 Å². The molecule has 23 heavy (non-hydrogen) atoms. The van der Waals surface area contributed by atoms with Gasteiger partial charge in [0, 0.05) is 41.7 Å². The van der Waals surface area contributed by atoms with Gasteiger partial charge in [-0.1, -0.05) is 0 Å². The standard InChI is InChI=1S/C16H17N3O2S2/c1-10-3-6-22-14(10)11-2-4-18(9-13(11)20)15(21)12-8-19-5-7-23-16(19)17-12/h3,5-8,11,13,20H,2,4,9H2,1H3/t11-,13-/m1/s1. The van der Waals surface area contributed by atoms with Gasteiger partial charge in [0.1, 0.15) is 5.69 Å². The van der Waals surface area contributed by atoms with Crippen LogP contribution in [-0.4, -0.2) is 44.5 Å². The molecule has 4 heterocycles. The minimum Gasteiger partial charge on any atom is -0.391 e. The normalized spacial score (nSPS) is 21.9. The van der Waals surface area contributed by atoms with E-state index in [-0.39, 0.29) is 11.8 Å². The number of fused-ring (bicyclic) bond motifs is 1. The van der Waals surface area contributed by atoms with E-state index in [0.29, 0.717) is 18.8 Å². The Bertz CT molecular complexity index is 822. The van der Waals surface area contributed by atoms with E-state index in [0.717, 1.165) is 11.4 Å². The van der Waals surface area contributed by atoms with Crippen molar-refractivity contribution in [2.45, 2.75) is 25.4 Å². The van der Waals surface area contributed by atoms with Crippen LogP contribution in [0, 0.1) is 6.92 Å². The fourth-order valence-corrected chi connectivity index (χ4v) is 5.00. The number of nitrogens with zero attached hydrogens (tertiary/aromatic N) is 3. The lowest BCUT2D eigenvalue weighted by atomic mass is 9.90. The van der Waals surface area contributed by atoms with Crippen LogP contribution in [0.3, 0.4) is 0 Å². The molecule has 0 spiro atoms. The molecule has 0 unspecified atom stereocenters. The number of thiophene rings is 1. The fraction of sp³-hybridized carbons (Fsp3) is 0.375. The Labute approximate surface area is 141 Å². The first kappa shape index (κ1) is 14.9. The molecule has 5 nitrogen and oxygen atoms in total. The number of carbonyl (C=O) groups excluding carboxylic acids is 1. The Balaban J connectivity index is 1.50. The molecule has 7 heteroatoms. The number of hydrogen-bond donors (Lipinski definition) is 1. The van der Waals surface area contributed by atoms with Crippen LogP contribution in [0.4, 0.5) is 0 Å². The molecular formula is C16H17N3O2S2. The van der Waals surface area contributed by atoms with Crippen molar-refractivity contribution in [3.05, 3.63) is 45.4 Å². The molecule has 3 aromatic rings. The van der Waals surface area contributed by atoms with E-state index in [1.54, 1.807) is 22.4 Å². The van der Waals surface area contributed by atoms with E-state index in [1.165, 1.54) is 21.8 Å². The van der Waals surface area contributed by atoms with Crippen LogP contribution in [0.5, 0.6) is 0 Å². The number of piperidine rings is 1. The maximum absolute atomic E-state index is 12.6. The number of likely N-dealkylation sites (tertiary alicyclic amines) is 1. The maximum Gasteiger partial charge on any atom is 0.274 e. The van der Waals surface area contributed by atoms with Gasteiger partial charge in [-0.15, -0.1) is 22.7 Å². The average molecular weight is 347 g/mol. The van der Waals surface area contributed by atoms with Crippen LogP contribution in [0.1, 0.15) is 33.3 Å². The molecule has 3 aromatic heterocycles. The van der Waals surface area contributed by atoms with E-state index in [2.05, 4.69) is 23.4 Å². The highest BCUT2D eigenvalue weighted by Gasteiger charge is 2.33. The molecular weight excluding hydrogens is 330 g/mol. The van der Waals surface area contributed by atoms with Gasteiger partial charge in [0.25, 0.3) is 5.91 Å². The first-order valence-corrected chi connectivity index (χ1v) is 9.33. The number of aliphatic hydroxyl groups is 1. The first-order chi connectivity index (χ1) is 11.1. The van der Waals surface area contributed by atoms with Crippen molar-refractivity contribution in [3.8, 4) is 0 Å². The number of aromatic nitrogens is 2. The van der Waals surface area contributed by atoms with Crippen molar-refractivity contribution >= 4 is 33.5 Å². The maximum atomic E-state index is 12.6. The summed E-state index contributed by atoms with van der Waals surface area (Å²) in [6.07, 6.45) is 3.92.